The van der Waals surface area contributed by atoms with Crippen molar-refractivity contribution in [2.24, 2.45) is 0 Å². The normalized spacial score (nSPS) is 20.4. The Morgan fingerprint density at radius 3 is 2.93 bits per heavy atom. The van der Waals surface area contributed by atoms with Crippen LogP contribution in [0, 0.1) is 0 Å². The van der Waals surface area contributed by atoms with Crippen LogP contribution in [-0.2, 0) is 17.7 Å². The van der Waals surface area contributed by atoms with Crippen LogP contribution >= 0.6 is 0 Å². The molecule has 0 aliphatic carbocycles. The van der Waals surface area contributed by atoms with Gasteiger partial charge in [0.2, 0.25) is 0 Å². The molecule has 1 N–H and O–H groups in total. The van der Waals surface area contributed by atoms with E-state index in [1.165, 1.54) is 0 Å². The van der Waals surface area contributed by atoms with Crippen molar-refractivity contribution < 1.29 is 9.84 Å². The largest absolute Gasteiger partial charge is 0.388 e. The van der Waals surface area contributed by atoms with Crippen molar-refractivity contribution in [3.8, 4) is 0 Å². The molecule has 1 aromatic rings. The van der Waals surface area contributed by atoms with Crippen LogP contribution in [0.5, 0.6) is 0 Å². The summed E-state index contributed by atoms with van der Waals surface area (Å²) < 4.78 is 7.30. The predicted molar refractivity (Wildman–Crippen MR) is 56.6 cm³/mol. The maximum absolute atomic E-state index is 10.3. The first-order chi connectivity index (χ1) is 7.23. The molecular weight excluding hydrogens is 192 g/mol. The van der Waals surface area contributed by atoms with E-state index in [1.54, 1.807) is 6.20 Å². The number of imidazole rings is 1. The zero-order valence-corrected chi connectivity index (χ0v) is 9.15. The van der Waals surface area contributed by atoms with Gasteiger partial charge >= 0.3 is 0 Å². The van der Waals surface area contributed by atoms with Crippen LogP contribution in [0.4, 0.5) is 0 Å². The fourth-order valence-electron chi connectivity index (χ4n) is 2.02. The van der Waals surface area contributed by atoms with E-state index in [2.05, 4.69) is 11.9 Å². The monoisotopic (exact) mass is 210 g/mol. The topological polar surface area (TPSA) is 47.3 Å². The SMILES string of the molecule is CCc1nccn1CC1(O)CCOCC1. The third-order valence-electron chi connectivity index (χ3n) is 3.01. The lowest BCUT2D eigenvalue weighted by Crippen LogP contribution is -2.40. The van der Waals surface area contributed by atoms with Crippen molar-refractivity contribution >= 4 is 0 Å². The van der Waals surface area contributed by atoms with Crippen LogP contribution in [0.1, 0.15) is 25.6 Å². The second-order valence-electron chi connectivity index (χ2n) is 4.16. The zero-order chi connectivity index (χ0) is 10.7. The minimum absolute atomic E-state index is 0.608. The maximum Gasteiger partial charge on any atom is 0.108 e. The highest BCUT2D eigenvalue weighted by atomic mass is 16.5. The predicted octanol–water partition coefficient (Wildman–Crippen LogP) is 0.987. The van der Waals surface area contributed by atoms with Gasteiger partial charge in [0.1, 0.15) is 5.82 Å². The number of hydrogen-bond donors (Lipinski definition) is 1. The lowest BCUT2D eigenvalue weighted by Gasteiger charge is -2.32. The van der Waals surface area contributed by atoms with Crippen molar-refractivity contribution in [1.29, 1.82) is 0 Å². The molecular formula is C11H18N2O2. The van der Waals surface area contributed by atoms with Crippen LogP contribution in [0.25, 0.3) is 0 Å². The molecule has 1 saturated heterocycles. The summed E-state index contributed by atoms with van der Waals surface area (Å²) in [6, 6.07) is 0. The molecule has 0 aromatic carbocycles. The summed E-state index contributed by atoms with van der Waals surface area (Å²) in [5.74, 6) is 1.04. The van der Waals surface area contributed by atoms with E-state index in [1.807, 2.05) is 10.8 Å². The summed E-state index contributed by atoms with van der Waals surface area (Å²) in [4.78, 5) is 4.25. The van der Waals surface area contributed by atoms with Crippen LogP contribution in [0.3, 0.4) is 0 Å². The molecule has 0 unspecified atom stereocenters. The number of ether oxygens (including phenoxy) is 1. The van der Waals surface area contributed by atoms with Crippen molar-refractivity contribution in [2.45, 2.75) is 38.3 Å². The average Bonchev–Trinajstić information content (AvgIpc) is 2.65. The number of nitrogens with zero attached hydrogens (tertiary/aromatic N) is 2. The maximum atomic E-state index is 10.3. The number of rotatable bonds is 3. The van der Waals surface area contributed by atoms with Gasteiger partial charge in [-0.15, -0.1) is 0 Å². The smallest absolute Gasteiger partial charge is 0.108 e. The van der Waals surface area contributed by atoms with E-state index < -0.39 is 5.60 Å². The summed E-state index contributed by atoms with van der Waals surface area (Å²) in [6.07, 6.45) is 6.07. The molecule has 84 valence electrons. The van der Waals surface area contributed by atoms with Crippen LogP contribution in [0.2, 0.25) is 0 Å². The van der Waals surface area contributed by atoms with Gasteiger partial charge in [-0.3, -0.25) is 0 Å². The van der Waals surface area contributed by atoms with Crippen molar-refractivity contribution in [1.82, 2.24) is 9.55 Å². The standard InChI is InChI=1S/C11H18N2O2/c1-2-10-12-5-6-13(10)9-11(14)3-7-15-8-4-11/h5-6,14H,2-4,7-9H2,1H3. The Morgan fingerprint density at radius 1 is 1.53 bits per heavy atom. The third-order valence-corrected chi connectivity index (χ3v) is 3.01. The molecule has 4 heteroatoms. The molecule has 2 rings (SSSR count). The first-order valence-corrected chi connectivity index (χ1v) is 5.54. The first-order valence-electron chi connectivity index (χ1n) is 5.54. The number of aliphatic hydroxyl groups is 1. The molecule has 1 aliphatic rings. The number of aryl methyl sites for hydroxylation is 1. The molecule has 1 aliphatic heterocycles. The van der Waals surface area contributed by atoms with E-state index >= 15 is 0 Å². The Labute approximate surface area is 89.9 Å². The van der Waals surface area contributed by atoms with E-state index in [0.717, 1.165) is 12.2 Å². The van der Waals surface area contributed by atoms with Crippen LogP contribution in [0.15, 0.2) is 12.4 Å². The lowest BCUT2D eigenvalue weighted by molar-refractivity contribution is -0.0731. The van der Waals surface area contributed by atoms with Gasteiger partial charge in [-0.2, -0.15) is 0 Å². The molecule has 0 radical (unpaired) electrons. The van der Waals surface area contributed by atoms with Gasteiger partial charge in [-0.25, -0.2) is 4.98 Å². The fraction of sp³-hybridized carbons (Fsp3) is 0.727. The van der Waals surface area contributed by atoms with Crippen molar-refractivity contribution in [2.75, 3.05) is 13.2 Å². The van der Waals surface area contributed by atoms with Gasteiger partial charge in [-0.1, -0.05) is 6.92 Å². The first kappa shape index (κ1) is 10.6. The van der Waals surface area contributed by atoms with E-state index in [0.29, 0.717) is 32.6 Å². The summed E-state index contributed by atoms with van der Waals surface area (Å²) in [6.45, 7) is 4.03. The molecule has 0 atom stereocenters. The van der Waals surface area contributed by atoms with Crippen LogP contribution < -0.4 is 0 Å². The molecule has 1 fully saturated rings. The zero-order valence-electron chi connectivity index (χ0n) is 9.15. The average molecular weight is 210 g/mol. The second-order valence-corrected chi connectivity index (χ2v) is 4.16. The Morgan fingerprint density at radius 2 is 2.27 bits per heavy atom. The van der Waals surface area contributed by atoms with Crippen molar-refractivity contribution in [3.63, 3.8) is 0 Å². The van der Waals surface area contributed by atoms with Crippen molar-refractivity contribution in [3.05, 3.63) is 18.2 Å². The van der Waals surface area contributed by atoms with Gasteiger partial charge in [0, 0.05) is 44.9 Å². The summed E-state index contributed by atoms with van der Waals surface area (Å²) in [5.41, 5.74) is -0.608. The highest BCUT2D eigenvalue weighted by molar-refractivity contribution is 4.95. The van der Waals surface area contributed by atoms with E-state index in [4.69, 9.17) is 4.74 Å². The molecule has 15 heavy (non-hydrogen) atoms. The van der Waals surface area contributed by atoms with Gasteiger partial charge in [0.15, 0.2) is 0 Å². The molecule has 0 saturated carbocycles. The molecule has 0 bridgehead atoms. The van der Waals surface area contributed by atoms with Gasteiger partial charge < -0.3 is 14.4 Å². The van der Waals surface area contributed by atoms with Gasteiger partial charge in [-0.05, 0) is 0 Å². The molecule has 0 amide bonds. The second kappa shape index (κ2) is 4.33. The molecule has 4 nitrogen and oxygen atoms in total. The molecule has 0 spiro atoms. The van der Waals surface area contributed by atoms with E-state index in [9.17, 15) is 5.11 Å². The minimum atomic E-state index is -0.608. The fourth-order valence-corrected chi connectivity index (χ4v) is 2.02. The number of hydrogen-bond acceptors (Lipinski definition) is 3. The van der Waals surface area contributed by atoms with Crippen LogP contribution in [-0.4, -0.2) is 33.5 Å². The Kier molecular flexibility index (Phi) is 3.07. The molecule has 2 heterocycles. The lowest BCUT2D eigenvalue weighted by atomic mass is 9.94. The highest BCUT2D eigenvalue weighted by Crippen LogP contribution is 2.23. The Balaban J connectivity index is 2.06. The van der Waals surface area contributed by atoms with Gasteiger partial charge in [0.25, 0.3) is 0 Å². The Bertz CT molecular complexity index is 316. The number of aromatic nitrogens is 2. The van der Waals surface area contributed by atoms with Gasteiger partial charge in [0.05, 0.1) is 12.1 Å². The minimum Gasteiger partial charge on any atom is -0.388 e. The quantitative estimate of drug-likeness (QED) is 0.809. The van der Waals surface area contributed by atoms with E-state index in [-0.39, 0.29) is 0 Å². The summed E-state index contributed by atoms with van der Waals surface area (Å²) in [5, 5.41) is 10.3. The third kappa shape index (κ3) is 2.38. The Hall–Kier alpha value is -0.870. The summed E-state index contributed by atoms with van der Waals surface area (Å²) >= 11 is 0. The highest BCUT2D eigenvalue weighted by Gasteiger charge is 2.30. The molecule has 1 aromatic heterocycles. The summed E-state index contributed by atoms with van der Waals surface area (Å²) in [7, 11) is 0.